The smallest absolute Gasteiger partial charge is 0.295 e. The van der Waals surface area contributed by atoms with Crippen molar-refractivity contribution >= 4 is 21.5 Å². The molecule has 0 unspecified atom stereocenters. The van der Waals surface area contributed by atoms with Crippen molar-refractivity contribution in [1.29, 1.82) is 0 Å². The summed E-state index contributed by atoms with van der Waals surface area (Å²) in [7, 11) is 0. The van der Waals surface area contributed by atoms with E-state index in [1.54, 1.807) is 0 Å². The average molecular weight is 588 g/mol. The van der Waals surface area contributed by atoms with Gasteiger partial charge in [-0.1, -0.05) is 87.4 Å². The van der Waals surface area contributed by atoms with Crippen LogP contribution in [0, 0.1) is 13.8 Å². The van der Waals surface area contributed by atoms with E-state index in [-0.39, 0.29) is 26.2 Å². The molecule has 0 atom stereocenters. The Balaban J connectivity index is 0.000000176. The molecule has 0 bridgehead atoms. The second-order valence-electron chi connectivity index (χ2n) is 10.9. The number of hydrogen-bond donors (Lipinski definition) is 0. The predicted molar refractivity (Wildman–Crippen MR) is 163 cm³/mol. The number of nitrogens with zero attached hydrogens (tertiary/aromatic N) is 2. The monoisotopic (exact) mass is 586 g/mol. The van der Waals surface area contributed by atoms with Gasteiger partial charge >= 0.3 is 26.2 Å². The van der Waals surface area contributed by atoms with Gasteiger partial charge in [0.1, 0.15) is 0 Å². The third kappa shape index (κ3) is 6.36. The first-order valence-electron chi connectivity index (χ1n) is 13.5. The summed E-state index contributed by atoms with van der Waals surface area (Å²) in [6, 6.07) is 30.5. The molecule has 39 heavy (non-hydrogen) atoms. The molecule has 2 aromatic heterocycles. The summed E-state index contributed by atoms with van der Waals surface area (Å²) >= 11 is 0. The number of hydrogen-bond acceptors (Lipinski definition) is 2. The van der Waals surface area contributed by atoms with E-state index in [0.717, 1.165) is 11.4 Å². The van der Waals surface area contributed by atoms with Crippen LogP contribution in [0.1, 0.15) is 61.8 Å². The number of pyridine rings is 2. The van der Waals surface area contributed by atoms with Crippen molar-refractivity contribution in [1.82, 2.24) is 9.97 Å². The Hall–Kier alpha value is -3.16. The fourth-order valence-electron chi connectivity index (χ4n) is 5.10. The maximum atomic E-state index is 4.52. The number of benzene rings is 2. The van der Waals surface area contributed by atoms with Crippen LogP contribution in [0.2, 0.25) is 0 Å². The average Bonchev–Trinajstić information content (AvgIpc) is 3.54. The third-order valence-corrected chi connectivity index (χ3v) is 7.23. The minimum Gasteiger partial charge on any atom is -0.295 e. The molecule has 4 aromatic carbocycles. The Labute approximate surface area is 252 Å². The number of aromatic nitrogens is 2. The molecule has 0 fully saturated rings. The van der Waals surface area contributed by atoms with Crippen LogP contribution in [0.3, 0.4) is 0 Å². The van der Waals surface area contributed by atoms with Crippen molar-refractivity contribution in [2.24, 2.45) is 0 Å². The van der Waals surface area contributed by atoms with Crippen molar-refractivity contribution in [3.63, 3.8) is 0 Å². The molecule has 3 heteroatoms. The summed E-state index contributed by atoms with van der Waals surface area (Å²) in [6.07, 6.45) is 3.85. The van der Waals surface area contributed by atoms with E-state index in [2.05, 4.69) is 136 Å². The first kappa shape index (κ1) is 28.8. The molecule has 0 N–H and O–H groups in total. The van der Waals surface area contributed by atoms with Gasteiger partial charge in [-0.25, -0.2) is 0 Å². The Morgan fingerprint density at radius 3 is 1.31 bits per heavy atom. The molecular weight excluding hydrogens is 552 g/mol. The third-order valence-electron chi connectivity index (χ3n) is 7.23. The van der Waals surface area contributed by atoms with E-state index in [0.29, 0.717) is 11.8 Å². The van der Waals surface area contributed by atoms with Crippen LogP contribution in [-0.2, 0) is 26.2 Å². The fourth-order valence-corrected chi connectivity index (χ4v) is 5.10. The van der Waals surface area contributed by atoms with Crippen molar-refractivity contribution in [2.75, 3.05) is 0 Å². The SMILES string of the molecule is Cc1ccc(-c2cc3c(C(C)C)cccc3[cH-]2)nc1.Cc1ccc(-c2cc3c(C(C)C)cccc3[cH-]2)nc1.[Zr+2]. The zero-order valence-electron chi connectivity index (χ0n) is 23.8. The zero-order valence-corrected chi connectivity index (χ0v) is 26.2. The molecule has 0 amide bonds. The van der Waals surface area contributed by atoms with Gasteiger partial charge in [-0.3, -0.25) is 9.97 Å². The molecular formula is C36H36N2Zr. The quantitative estimate of drug-likeness (QED) is 0.192. The number of aryl methyl sites for hydroxylation is 2. The van der Waals surface area contributed by atoms with Crippen LogP contribution in [-0.4, -0.2) is 9.97 Å². The topological polar surface area (TPSA) is 25.8 Å². The molecule has 194 valence electrons. The molecule has 0 aliphatic heterocycles. The molecule has 0 aliphatic rings. The van der Waals surface area contributed by atoms with Gasteiger partial charge in [0.25, 0.3) is 0 Å². The van der Waals surface area contributed by atoms with E-state index < -0.39 is 0 Å². The van der Waals surface area contributed by atoms with Gasteiger partial charge in [0.05, 0.1) is 0 Å². The molecule has 0 aliphatic carbocycles. The molecule has 0 radical (unpaired) electrons. The molecule has 2 nitrogen and oxygen atoms in total. The molecule has 0 saturated heterocycles. The summed E-state index contributed by atoms with van der Waals surface area (Å²) in [5.41, 5.74) is 9.75. The molecule has 0 saturated carbocycles. The van der Waals surface area contributed by atoms with Crippen molar-refractivity contribution in [3.8, 4) is 22.5 Å². The first-order chi connectivity index (χ1) is 18.3. The fraction of sp³-hybridized carbons (Fsp3) is 0.222. The molecule has 6 rings (SSSR count). The minimum absolute atomic E-state index is 0. The Morgan fingerprint density at radius 1 is 0.564 bits per heavy atom. The van der Waals surface area contributed by atoms with Gasteiger partial charge in [-0.15, -0.1) is 69.1 Å². The van der Waals surface area contributed by atoms with E-state index in [4.69, 9.17) is 0 Å². The summed E-state index contributed by atoms with van der Waals surface area (Å²) in [5.74, 6) is 1.09. The van der Waals surface area contributed by atoms with Crippen LogP contribution in [0.25, 0.3) is 44.1 Å². The maximum Gasteiger partial charge on any atom is 2.00 e. The Bertz CT molecular complexity index is 1540. The molecule has 2 heterocycles. The van der Waals surface area contributed by atoms with Crippen molar-refractivity contribution < 1.29 is 26.2 Å². The van der Waals surface area contributed by atoms with Crippen molar-refractivity contribution in [2.45, 2.75) is 53.4 Å². The summed E-state index contributed by atoms with van der Waals surface area (Å²) in [5, 5.41) is 5.33. The van der Waals surface area contributed by atoms with Crippen LogP contribution in [0.15, 0.2) is 97.3 Å². The van der Waals surface area contributed by atoms with Crippen molar-refractivity contribution in [3.05, 3.63) is 120 Å². The molecule has 0 spiro atoms. The largest absolute Gasteiger partial charge is 2.00 e. The maximum absolute atomic E-state index is 4.52. The summed E-state index contributed by atoms with van der Waals surface area (Å²) in [4.78, 5) is 9.04. The van der Waals surface area contributed by atoms with E-state index in [1.165, 1.54) is 54.9 Å². The number of fused-ring (bicyclic) bond motifs is 2. The second kappa shape index (κ2) is 12.4. The van der Waals surface area contributed by atoms with Crippen LogP contribution in [0.5, 0.6) is 0 Å². The number of rotatable bonds is 4. The summed E-state index contributed by atoms with van der Waals surface area (Å²) < 4.78 is 0. The normalized spacial score (nSPS) is 11.1. The van der Waals surface area contributed by atoms with E-state index in [1.807, 2.05) is 12.4 Å². The van der Waals surface area contributed by atoms with Gasteiger partial charge in [-0.2, -0.15) is 0 Å². The summed E-state index contributed by atoms with van der Waals surface area (Å²) in [6.45, 7) is 13.1. The minimum atomic E-state index is 0. The van der Waals surface area contributed by atoms with Crippen LogP contribution in [0.4, 0.5) is 0 Å². The van der Waals surface area contributed by atoms with Gasteiger partial charge in [0.15, 0.2) is 0 Å². The first-order valence-corrected chi connectivity index (χ1v) is 13.5. The van der Waals surface area contributed by atoms with Crippen LogP contribution >= 0.6 is 0 Å². The van der Waals surface area contributed by atoms with E-state index in [9.17, 15) is 0 Å². The second-order valence-corrected chi connectivity index (χ2v) is 10.9. The van der Waals surface area contributed by atoms with Gasteiger partial charge in [-0.05, 0) is 36.8 Å². The Morgan fingerprint density at radius 2 is 0.974 bits per heavy atom. The van der Waals surface area contributed by atoms with E-state index >= 15 is 0 Å². The van der Waals surface area contributed by atoms with Gasteiger partial charge in [0.2, 0.25) is 0 Å². The van der Waals surface area contributed by atoms with Crippen LogP contribution < -0.4 is 0 Å². The van der Waals surface area contributed by atoms with Gasteiger partial charge in [0, 0.05) is 23.8 Å². The predicted octanol–water partition coefficient (Wildman–Crippen LogP) is 10.1. The van der Waals surface area contributed by atoms with Gasteiger partial charge < -0.3 is 0 Å². The standard InChI is InChI=1S/2C18H18N.Zr/c2*1-12(2)16-6-4-5-14-9-15(10-17(14)16)18-8-7-13(3)11-19-18;/h2*4-12H,1-3H3;/q2*-1;+2. The molecule has 6 aromatic rings. The zero-order chi connectivity index (χ0) is 26.8. The Kier molecular flexibility index (Phi) is 9.13.